The van der Waals surface area contributed by atoms with Gasteiger partial charge in [0.1, 0.15) is 6.10 Å². The van der Waals surface area contributed by atoms with Crippen molar-refractivity contribution in [3.63, 3.8) is 0 Å². The third-order valence-corrected chi connectivity index (χ3v) is 2.38. The maximum Gasteiger partial charge on any atom is 0.327 e. The van der Waals surface area contributed by atoms with Crippen LogP contribution >= 0.6 is 0 Å². The average Bonchev–Trinajstić information content (AvgIpc) is 2.97. The Balaban J connectivity index is 0.000000195. The number of carbonyl (C=O) groups is 2. The van der Waals surface area contributed by atoms with E-state index in [4.69, 9.17) is 14.6 Å². The first kappa shape index (κ1) is 11.7. The molecule has 0 aromatic heterocycles. The molecule has 1 N–H and O–H groups in total. The molecule has 5 heteroatoms. The van der Waals surface area contributed by atoms with E-state index in [-0.39, 0.29) is 6.10 Å². The third-order valence-electron chi connectivity index (χ3n) is 2.38. The highest BCUT2D eigenvalue weighted by atomic mass is 16.6. The Morgan fingerprint density at radius 3 is 2.60 bits per heavy atom. The molecule has 0 radical (unpaired) electrons. The van der Waals surface area contributed by atoms with Gasteiger partial charge in [-0.2, -0.15) is 0 Å². The second kappa shape index (κ2) is 5.50. The number of carboxylic acids is 1. The van der Waals surface area contributed by atoms with Crippen molar-refractivity contribution in [2.75, 3.05) is 0 Å². The summed E-state index contributed by atoms with van der Waals surface area (Å²) in [6.45, 7) is 3.50. The minimum absolute atomic E-state index is 0.126. The van der Waals surface area contributed by atoms with Crippen molar-refractivity contribution in [1.29, 1.82) is 0 Å². The Labute approximate surface area is 87.7 Å². The summed E-state index contributed by atoms with van der Waals surface area (Å²) in [6.07, 6.45) is 4.79. The third kappa shape index (κ3) is 4.12. The molecule has 0 aromatic carbocycles. The zero-order chi connectivity index (χ0) is 11.3. The lowest BCUT2D eigenvalue weighted by atomic mass is 9.98. The van der Waals surface area contributed by atoms with E-state index < -0.39 is 5.97 Å². The standard InChI is InChI=1S/C7H10O3.C3H4O2/c8-4-9-5-1-2-6-7(3-5)10-6;1-2-3(4)5/h4-7H,1-3H2;2H,1H2,(H,4,5). The number of hydrogen-bond donors (Lipinski definition) is 1. The number of rotatable bonds is 3. The maximum atomic E-state index is 9.93. The number of carbonyl (C=O) groups excluding carboxylic acids is 1. The van der Waals surface area contributed by atoms with Crippen LogP contribution in [0.1, 0.15) is 19.3 Å². The summed E-state index contributed by atoms with van der Waals surface area (Å²) in [5.41, 5.74) is 0. The molecule has 15 heavy (non-hydrogen) atoms. The SMILES string of the molecule is C=CC(=O)O.O=COC1CCC2OC2C1. The summed E-state index contributed by atoms with van der Waals surface area (Å²) in [5.74, 6) is -0.981. The van der Waals surface area contributed by atoms with Crippen molar-refractivity contribution in [2.24, 2.45) is 0 Å². The van der Waals surface area contributed by atoms with Crippen LogP contribution in [0.3, 0.4) is 0 Å². The molecule has 0 spiro atoms. The second-order valence-corrected chi connectivity index (χ2v) is 3.42. The highest BCUT2D eigenvalue weighted by Crippen LogP contribution is 2.37. The lowest BCUT2D eigenvalue weighted by Crippen LogP contribution is -2.20. The molecule has 5 nitrogen and oxygen atoms in total. The molecule has 0 aromatic rings. The minimum Gasteiger partial charge on any atom is -0.478 e. The molecule has 84 valence electrons. The summed E-state index contributed by atoms with van der Waals surface area (Å²) in [7, 11) is 0. The minimum atomic E-state index is -0.981. The lowest BCUT2D eigenvalue weighted by molar-refractivity contribution is -0.134. The highest BCUT2D eigenvalue weighted by Gasteiger charge is 2.44. The zero-order valence-electron chi connectivity index (χ0n) is 8.30. The number of ether oxygens (including phenoxy) is 2. The highest BCUT2D eigenvalue weighted by molar-refractivity contribution is 5.78. The largest absolute Gasteiger partial charge is 0.478 e. The van der Waals surface area contributed by atoms with E-state index >= 15 is 0 Å². The van der Waals surface area contributed by atoms with Crippen LogP contribution < -0.4 is 0 Å². The Bertz CT molecular complexity index is 250. The van der Waals surface area contributed by atoms with Gasteiger partial charge in [-0.3, -0.25) is 4.79 Å². The van der Waals surface area contributed by atoms with Crippen molar-refractivity contribution >= 4 is 12.4 Å². The fourth-order valence-corrected chi connectivity index (χ4v) is 1.57. The Morgan fingerprint density at radius 2 is 2.13 bits per heavy atom. The summed E-state index contributed by atoms with van der Waals surface area (Å²) < 4.78 is 10.1. The van der Waals surface area contributed by atoms with Gasteiger partial charge < -0.3 is 14.6 Å². The molecular weight excluding hydrogens is 200 g/mol. The first-order valence-electron chi connectivity index (χ1n) is 4.77. The summed E-state index contributed by atoms with van der Waals surface area (Å²) in [6, 6.07) is 0. The van der Waals surface area contributed by atoms with Crippen LogP contribution in [0.4, 0.5) is 0 Å². The van der Waals surface area contributed by atoms with Crippen LogP contribution in [0.25, 0.3) is 0 Å². The van der Waals surface area contributed by atoms with Gasteiger partial charge in [-0.1, -0.05) is 6.58 Å². The maximum absolute atomic E-state index is 9.93. The monoisotopic (exact) mass is 214 g/mol. The van der Waals surface area contributed by atoms with Gasteiger partial charge in [0.25, 0.3) is 6.47 Å². The molecule has 2 aliphatic rings. The van der Waals surface area contributed by atoms with E-state index in [1.165, 1.54) is 0 Å². The molecule has 1 aliphatic carbocycles. The van der Waals surface area contributed by atoms with Gasteiger partial charge >= 0.3 is 5.97 Å². The predicted molar refractivity (Wildman–Crippen MR) is 51.3 cm³/mol. The summed E-state index contributed by atoms with van der Waals surface area (Å²) >= 11 is 0. The first-order valence-corrected chi connectivity index (χ1v) is 4.77. The molecule has 1 saturated carbocycles. The van der Waals surface area contributed by atoms with Gasteiger partial charge in [-0.25, -0.2) is 4.79 Å². The Kier molecular flexibility index (Phi) is 4.30. The van der Waals surface area contributed by atoms with Gasteiger partial charge in [-0.15, -0.1) is 0 Å². The molecule has 3 atom stereocenters. The van der Waals surface area contributed by atoms with Crippen molar-refractivity contribution < 1.29 is 24.2 Å². The van der Waals surface area contributed by atoms with Gasteiger partial charge in [0.15, 0.2) is 0 Å². The van der Waals surface area contributed by atoms with Crippen LogP contribution in [0, 0.1) is 0 Å². The Hall–Kier alpha value is -1.36. The van der Waals surface area contributed by atoms with Crippen molar-refractivity contribution in [1.82, 2.24) is 0 Å². The summed E-state index contributed by atoms with van der Waals surface area (Å²) in [4.78, 5) is 19.2. The topological polar surface area (TPSA) is 76.1 Å². The van der Waals surface area contributed by atoms with Gasteiger partial charge in [0, 0.05) is 12.5 Å². The molecule has 2 rings (SSSR count). The average molecular weight is 214 g/mol. The van der Waals surface area contributed by atoms with Gasteiger partial charge in [0.2, 0.25) is 0 Å². The number of epoxide rings is 1. The molecule has 0 bridgehead atoms. The zero-order valence-corrected chi connectivity index (χ0v) is 8.30. The van der Waals surface area contributed by atoms with Crippen LogP contribution in [0.2, 0.25) is 0 Å². The molecule has 1 heterocycles. The Morgan fingerprint density at radius 1 is 1.47 bits per heavy atom. The van der Waals surface area contributed by atoms with E-state index in [1.54, 1.807) is 0 Å². The van der Waals surface area contributed by atoms with Crippen LogP contribution in [-0.2, 0) is 19.1 Å². The predicted octanol–water partition coefficient (Wildman–Crippen LogP) is 0.736. The molecule has 2 fully saturated rings. The molecular formula is C10H14O5. The van der Waals surface area contributed by atoms with Crippen molar-refractivity contribution in [3.8, 4) is 0 Å². The van der Waals surface area contributed by atoms with E-state index in [1.807, 2.05) is 0 Å². The number of hydrogen-bond acceptors (Lipinski definition) is 4. The molecule has 1 aliphatic heterocycles. The van der Waals surface area contributed by atoms with Crippen molar-refractivity contribution in [2.45, 2.75) is 37.6 Å². The van der Waals surface area contributed by atoms with E-state index in [0.29, 0.717) is 18.7 Å². The van der Waals surface area contributed by atoms with Crippen LogP contribution in [-0.4, -0.2) is 35.9 Å². The number of aliphatic carboxylic acids is 1. The quantitative estimate of drug-likeness (QED) is 0.426. The molecule has 3 unspecified atom stereocenters. The molecule has 1 saturated heterocycles. The van der Waals surface area contributed by atoms with Crippen molar-refractivity contribution in [3.05, 3.63) is 12.7 Å². The van der Waals surface area contributed by atoms with Crippen LogP contribution in [0.15, 0.2) is 12.7 Å². The number of fused-ring (bicyclic) bond motifs is 1. The smallest absolute Gasteiger partial charge is 0.327 e. The second-order valence-electron chi connectivity index (χ2n) is 3.42. The molecule has 0 amide bonds. The van der Waals surface area contributed by atoms with Gasteiger partial charge in [0.05, 0.1) is 12.2 Å². The normalized spacial score (nSPS) is 31.3. The summed E-state index contributed by atoms with van der Waals surface area (Å²) in [5, 5.41) is 7.60. The van der Waals surface area contributed by atoms with E-state index in [0.717, 1.165) is 25.3 Å². The first-order chi connectivity index (χ1) is 7.17. The van der Waals surface area contributed by atoms with E-state index in [9.17, 15) is 9.59 Å². The fraction of sp³-hybridized carbons (Fsp3) is 0.600. The lowest BCUT2D eigenvalue weighted by Gasteiger charge is -2.15. The number of carboxylic acid groups (broad SMARTS) is 1. The van der Waals surface area contributed by atoms with E-state index in [2.05, 4.69) is 6.58 Å². The van der Waals surface area contributed by atoms with Crippen LogP contribution in [0.5, 0.6) is 0 Å². The van der Waals surface area contributed by atoms with Gasteiger partial charge in [-0.05, 0) is 12.8 Å². The fourth-order valence-electron chi connectivity index (χ4n) is 1.57.